The van der Waals surface area contributed by atoms with Crippen LogP contribution in [-0.4, -0.2) is 39.7 Å². The van der Waals surface area contributed by atoms with Gasteiger partial charge in [-0.1, -0.05) is 11.6 Å². The normalized spacial score (nSPS) is 10.7. The smallest absolute Gasteiger partial charge is 0.262 e. The van der Waals surface area contributed by atoms with Crippen molar-refractivity contribution < 1.29 is 27.8 Å². The fourth-order valence-corrected chi connectivity index (χ4v) is 3.78. The number of nitrogens with zero attached hydrogens (tertiary/aromatic N) is 3. The van der Waals surface area contributed by atoms with E-state index in [1.807, 2.05) is 6.92 Å². The highest BCUT2D eigenvalue weighted by Gasteiger charge is 2.18. The van der Waals surface area contributed by atoms with E-state index in [-0.39, 0.29) is 21.9 Å². The second-order valence-corrected chi connectivity index (χ2v) is 8.74. The second kappa shape index (κ2) is 12.3. The number of ketones is 1. The van der Waals surface area contributed by atoms with Gasteiger partial charge in [0.2, 0.25) is 0 Å². The summed E-state index contributed by atoms with van der Waals surface area (Å²) >= 11 is 6.02. The molecular formula is C27H23ClF2N4O4. The topological polar surface area (TPSA) is 95.3 Å². The lowest BCUT2D eigenvalue weighted by Gasteiger charge is -2.14. The Labute approximate surface area is 222 Å². The lowest BCUT2D eigenvalue weighted by Crippen LogP contribution is -2.21. The minimum Gasteiger partial charge on any atom is -0.494 e. The minimum absolute atomic E-state index is 0.0307. The van der Waals surface area contributed by atoms with Crippen LogP contribution in [0.2, 0.25) is 5.02 Å². The standard InChI is InChI=1S/C27H23ClF2N4O4/c1-17-9-22(37-8-2-7-34-16-31-15-32-34)4-5-24(17)33-26(35)14-38-25-6-3-19(28)12-23(25)27(36)18-10-20(29)13-21(30)11-18/h3-6,9-13,15-16H,2,7-8,14H2,1H3,(H,33,35). The molecule has 4 aromatic rings. The lowest BCUT2D eigenvalue weighted by atomic mass is 10.0. The van der Waals surface area contributed by atoms with Gasteiger partial charge in [0.1, 0.15) is 35.8 Å². The summed E-state index contributed by atoms with van der Waals surface area (Å²) < 4.78 is 40.3. The van der Waals surface area contributed by atoms with Gasteiger partial charge in [0.15, 0.2) is 12.4 Å². The van der Waals surface area contributed by atoms with E-state index in [0.29, 0.717) is 30.7 Å². The van der Waals surface area contributed by atoms with Crippen LogP contribution in [0.1, 0.15) is 27.9 Å². The molecule has 8 nitrogen and oxygen atoms in total. The second-order valence-electron chi connectivity index (χ2n) is 8.30. The Morgan fingerprint density at radius 2 is 1.82 bits per heavy atom. The van der Waals surface area contributed by atoms with Gasteiger partial charge < -0.3 is 14.8 Å². The van der Waals surface area contributed by atoms with Crippen LogP contribution in [0.4, 0.5) is 14.5 Å². The predicted molar refractivity (Wildman–Crippen MR) is 137 cm³/mol. The first-order valence-corrected chi connectivity index (χ1v) is 11.9. The number of amides is 1. The Morgan fingerprint density at radius 1 is 1.03 bits per heavy atom. The highest BCUT2D eigenvalue weighted by Crippen LogP contribution is 2.27. The Hall–Kier alpha value is -4.31. The average Bonchev–Trinajstić information content (AvgIpc) is 3.40. The summed E-state index contributed by atoms with van der Waals surface area (Å²) in [5, 5.41) is 7.01. The molecule has 196 valence electrons. The number of rotatable bonds is 11. The minimum atomic E-state index is -0.893. The maximum Gasteiger partial charge on any atom is 0.262 e. The summed E-state index contributed by atoms with van der Waals surface area (Å²) in [6.45, 7) is 2.59. The van der Waals surface area contributed by atoms with E-state index in [4.69, 9.17) is 21.1 Å². The number of carbonyl (C=O) groups excluding carboxylic acids is 2. The van der Waals surface area contributed by atoms with Crippen LogP contribution in [0.15, 0.2) is 67.3 Å². The molecule has 0 aliphatic rings. The van der Waals surface area contributed by atoms with Gasteiger partial charge >= 0.3 is 0 Å². The van der Waals surface area contributed by atoms with Crippen molar-refractivity contribution in [1.29, 1.82) is 0 Å². The van der Waals surface area contributed by atoms with Gasteiger partial charge in [0.25, 0.3) is 5.91 Å². The van der Waals surface area contributed by atoms with Crippen molar-refractivity contribution >= 4 is 29.0 Å². The number of aryl methyl sites for hydroxylation is 2. The zero-order valence-electron chi connectivity index (χ0n) is 20.3. The third-order valence-corrected chi connectivity index (χ3v) is 5.64. The third kappa shape index (κ3) is 7.13. The third-order valence-electron chi connectivity index (χ3n) is 5.41. The maximum atomic E-state index is 13.6. The van der Waals surface area contributed by atoms with Crippen LogP contribution in [0.3, 0.4) is 0 Å². The first kappa shape index (κ1) is 26.7. The SMILES string of the molecule is Cc1cc(OCCCn2cncn2)ccc1NC(=O)COc1ccc(Cl)cc1C(=O)c1cc(F)cc(F)c1. The molecule has 1 heterocycles. The molecule has 1 amide bonds. The van der Waals surface area contributed by atoms with Gasteiger partial charge in [0.05, 0.1) is 12.2 Å². The maximum absolute atomic E-state index is 13.6. The van der Waals surface area contributed by atoms with Crippen molar-refractivity contribution in [2.24, 2.45) is 0 Å². The molecule has 1 N–H and O–H groups in total. The fourth-order valence-electron chi connectivity index (χ4n) is 3.61. The van der Waals surface area contributed by atoms with E-state index in [1.54, 1.807) is 29.2 Å². The first-order valence-electron chi connectivity index (χ1n) is 11.6. The molecule has 0 saturated heterocycles. The largest absolute Gasteiger partial charge is 0.494 e. The Morgan fingerprint density at radius 3 is 2.53 bits per heavy atom. The van der Waals surface area contributed by atoms with Gasteiger partial charge in [-0.25, -0.2) is 13.8 Å². The number of anilines is 1. The number of benzene rings is 3. The zero-order chi connectivity index (χ0) is 27.1. The zero-order valence-corrected chi connectivity index (χ0v) is 21.0. The number of halogens is 3. The molecule has 0 aliphatic carbocycles. The molecule has 0 aliphatic heterocycles. The summed E-state index contributed by atoms with van der Waals surface area (Å²) in [6, 6.07) is 12.0. The van der Waals surface area contributed by atoms with Crippen molar-refractivity contribution in [3.05, 3.63) is 101 Å². The number of ether oxygens (including phenoxy) is 2. The number of aromatic nitrogens is 3. The van der Waals surface area contributed by atoms with Crippen LogP contribution in [0.25, 0.3) is 0 Å². The highest BCUT2D eigenvalue weighted by molar-refractivity contribution is 6.31. The van der Waals surface area contributed by atoms with E-state index in [0.717, 1.165) is 24.1 Å². The summed E-state index contributed by atoms with van der Waals surface area (Å²) in [6.07, 6.45) is 3.87. The van der Waals surface area contributed by atoms with Gasteiger partial charge in [-0.15, -0.1) is 0 Å². The molecule has 3 aromatic carbocycles. The Bertz CT molecular complexity index is 1430. The molecule has 0 fully saturated rings. The Balaban J connectivity index is 1.34. The molecule has 0 spiro atoms. The monoisotopic (exact) mass is 540 g/mol. The summed E-state index contributed by atoms with van der Waals surface area (Å²) in [5.74, 6) is -2.25. The molecular weight excluding hydrogens is 518 g/mol. The first-order chi connectivity index (χ1) is 18.3. The van der Waals surface area contributed by atoms with Crippen LogP contribution in [-0.2, 0) is 11.3 Å². The van der Waals surface area contributed by atoms with Gasteiger partial charge in [-0.3, -0.25) is 14.3 Å². The number of hydrogen-bond acceptors (Lipinski definition) is 6. The van der Waals surface area contributed by atoms with E-state index in [9.17, 15) is 18.4 Å². The van der Waals surface area contributed by atoms with Crippen molar-refractivity contribution in [3.63, 3.8) is 0 Å². The summed E-state index contributed by atoms with van der Waals surface area (Å²) in [4.78, 5) is 29.4. The van der Waals surface area contributed by atoms with Crippen LogP contribution < -0.4 is 14.8 Å². The molecule has 4 rings (SSSR count). The van der Waals surface area contributed by atoms with Gasteiger partial charge in [-0.2, -0.15) is 5.10 Å². The number of nitrogens with one attached hydrogen (secondary N) is 1. The van der Waals surface area contributed by atoms with Gasteiger partial charge in [-0.05, 0) is 61.0 Å². The predicted octanol–water partition coefficient (Wildman–Crippen LogP) is 5.24. The van der Waals surface area contributed by atoms with Crippen molar-refractivity contribution in [3.8, 4) is 11.5 Å². The molecule has 0 atom stereocenters. The molecule has 0 saturated carbocycles. The van der Waals surface area contributed by atoms with Crippen molar-refractivity contribution in [2.75, 3.05) is 18.5 Å². The quantitative estimate of drug-likeness (QED) is 0.207. The molecule has 0 radical (unpaired) electrons. The molecule has 11 heteroatoms. The summed E-state index contributed by atoms with van der Waals surface area (Å²) in [7, 11) is 0. The molecule has 0 bridgehead atoms. The van der Waals surface area contributed by atoms with Crippen molar-refractivity contribution in [1.82, 2.24) is 14.8 Å². The van der Waals surface area contributed by atoms with E-state index in [2.05, 4.69) is 15.4 Å². The van der Waals surface area contributed by atoms with Gasteiger partial charge in [0, 0.05) is 35.3 Å². The highest BCUT2D eigenvalue weighted by atomic mass is 35.5. The van der Waals surface area contributed by atoms with Crippen LogP contribution >= 0.6 is 11.6 Å². The molecule has 38 heavy (non-hydrogen) atoms. The summed E-state index contributed by atoms with van der Waals surface area (Å²) in [5.41, 5.74) is 1.10. The molecule has 1 aromatic heterocycles. The lowest BCUT2D eigenvalue weighted by molar-refractivity contribution is -0.118. The van der Waals surface area contributed by atoms with E-state index >= 15 is 0 Å². The van der Waals surface area contributed by atoms with Crippen LogP contribution in [0, 0.1) is 18.6 Å². The van der Waals surface area contributed by atoms with E-state index in [1.165, 1.54) is 24.5 Å². The fraction of sp³-hybridized carbons (Fsp3) is 0.185. The Kier molecular flexibility index (Phi) is 8.65. The van der Waals surface area contributed by atoms with Crippen molar-refractivity contribution in [2.45, 2.75) is 19.9 Å². The van der Waals surface area contributed by atoms with Crippen LogP contribution in [0.5, 0.6) is 11.5 Å². The number of carbonyl (C=O) groups is 2. The molecule has 0 unspecified atom stereocenters. The van der Waals surface area contributed by atoms with E-state index < -0.39 is 29.9 Å². The number of hydrogen-bond donors (Lipinski definition) is 1. The average molecular weight is 541 g/mol.